The van der Waals surface area contributed by atoms with Gasteiger partial charge in [-0.3, -0.25) is 4.79 Å². The SMILES string of the molecule is CC(=O)[C@@H](C)OC(=O)NC(C)(C)C. The van der Waals surface area contributed by atoms with Crippen molar-refractivity contribution < 1.29 is 14.3 Å². The van der Waals surface area contributed by atoms with Crippen LogP contribution < -0.4 is 5.32 Å². The molecule has 0 fully saturated rings. The van der Waals surface area contributed by atoms with Crippen molar-refractivity contribution in [2.24, 2.45) is 0 Å². The third kappa shape index (κ3) is 6.13. The zero-order chi connectivity index (χ0) is 10.6. The summed E-state index contributed by atoms with van der Waals surface area (Å²) in [4.78, 5) is 21.8. The second kappa shape index (κ2) is 4.25. The van der Waals surface area contributed by atoms with Gasteiger partial charge in [-0.1, -0.05) is 0 Å². The molecule has 0 unspecified atom stereocenters. The summed E-state index contributed by atoms with van der Waals surface area (Å²) in [6, 6.07) is 0. The highest BCUT2D eigenvalue weighted by molar-refractivity contribution is 5.82. The van der Waals surface area contributed by atoms with Crippen LogP contribution in [0.2, 0.25) is 0 Å². The Balaban J connectivity index is 3.96. The summed E-state index contributed by atoms with van der Waals surface area (Å²) in [5, 5.41) is 2.59. The summed E-state index contributed by atoms with van der Waals surface area (Å²) in [7, 11) is 0. The molecule has 0 aliphatic rings. The van der Waals surface area contributed by atoms with E-state index in [9.17, 15) is 9.59 Å². The molecule has 0 radical (unpaired) electrons. The summed E-state index contributed by atoms with van der Waals surface area (Å²) in [5.74, 6) is -0.163. The van der Waals surface area contributed by atoms with E-state index < -0.39 is 12.2 Å². The lowest BCUT2D eigenvalue weighted by molar-refractivity contribution is -0.124. The minimum absolute atomic E-state index is 0.163. The predicted molar refractivity (Wildman–Crippen MR) is 49.5 cm³/mol. The van der Waals surface area contributed by atoms with E-state index in [0.717, 1.165) is 0 Å². The summed E-state index contributed by atoms with van der Waals surface area (Å²) >= 11 is 0. The molecule has 1 amide bonds. The van der Waals surface area contributed by atoms with Gasteiger partial charge in [0.25, 0.3) is 0 Å². The van der Waals surface area contributed by atoms with Gasteiger partial charge in [-0.15, -0.1) is 0 Å². The number of nitrogens with one attached hydrogen (secondary N) is 1. The minimum atomic E-state index is -0.678. The number of hydrogen-bond acceptors (Lipinski definition) is 3. The molecule has 0 aromatic carbocycles. The standard InChI is InChI=1S/C9H17NO3/c1-6(11)7(2)13-8(12)10-9(3,4)5/h7H,1-5H3,(H,10,12)/t7-/m1/s1. The number of ketones is 1. The fourth-order valence-electron chi connectivity index (χ4n) is 0.579. The molecule has 13 heavy (non-hydrogen) atoms. The normalized spacial score (nSPS) is 13.3. The first-order valence-corrected chi connectivity index (χ1v) is 4.21. The maximum absolute atomic E-state index is 11.1. The van der Waals surface area contributed by atoms with Crippen LogP contribution in [0.15, 0.2) is 0 Å². The number of carbonyl (C=O) groups is 2. The lowest BCUT2D eigenvalue weighted by Crippen LogP contribution is -2.42. The lowest BCUT2D eigenvalue weighted by Gasteiger charge is -2.21. The Morgan fingerprint density at radius 2 is 1.77 bits per heavy atom. The summed E-state index contributed by atoms with van der Waals surface area (Å²) in [6.45, 7) is 8.45. The van der Waals surface area contributed by atoms with E-state index in [1.807, 2.05) is 20.8 Å². The van der Waals surface area contributed by atoms with Crippen molar-refractivity contribution >= 4 is 11.9 Å². The molecule has 0 saturated carbocycles. The van der Waals surface area contributed by atoms with Gasteiger partial charge in [-0.05, 0) is 34.6 Å². The van der Waals surface area contributed by atoms with Crippen molar-refractivity contribution in [2.45, 2.75) is 46.3 Å². The van der Waals surface area contributed by atoms with Crippen LogP contribution in [0.5, 0.6) is 0 Å². The first-order chi connectivity index (χ1) is 5.72. The van der Waals surface area contributed by atoms with E-state index in [1.165, 1.54) is 6.92 Å². The molecule has 1 atom stereocenters. The van der Waals surface area contributed by atoms with Gasteiger partial charge in [0.1, 0.15) is 0 Å². The van der Waals surface area contributed by atoms with Crippen LogP contribution in [0.25, 0.3) is 0 Å². The fraction of sp³-hybridized carbons (Fsp3) is 0.778. The third-order valence-corrected chi connectivity index (χ3v) is 1.33. The quantitative estimate of drug-likeness (QED) is 0.712. The Kier molecular flexibility index (Phi) is 3.91. The van der Waals surface area contributed by atoms with E-state index in [4.69, 9.17) is 4.74 Å². The van der Waals surface area contributed by atoms with Crippen molar-refractivity contribution in [3.8, 4) is 0 Å². The molecule has 0 spiro atoms. The Hall–Kier alpha value is -1.06. The topological polar surface area (TPSA) is 55.4 Å². The van der Waals surface area contributed by atoms with Gasteiger partial charge in [0.05, 0.1) is 0 Å². The van der Waals surface area contributed by atoms with Gasteiger partial charge in [0.15, 0.2) is 11.9 Å². The van der Waals surface area contributed by atoms with Gasteiger partial charge in [0.2, 0.25) is 0 Å². The number of rotatable bonds is 2. The molecule has 1 N–H and O–H groups in total. The van der Waals surface area contributed by atoms with Crippen molar-refractivity contribution in [1.29, 1.82) is 0 Å². The van der Waals surface area contributed by atoms with E-state index >= 15 is 0 Å². The van der Waals surface area contributed by atoms with Crippen molar-refractivity contribution in [1.82, 2.24) is 5.32 Å². The van der Waals surface area contributed by atoms with Crippen LogP contribution in [0.3, 0.4) is 0 Å². The average molecular weight is 187 g/mol. The molecule has 0 aromatic heterocycles. The largest absolute Gasteiger partial charge is 0.439 e. The highest BCUT2D eigenvalue weighted by atomic mass is 16.6. The number of ether oxygens (including phenoxy) is 1. The first kappa shape index (κ1) is 11.9. The Bertz CT molecular complexity index is 205. The van der Waals surface area contributed by atoms with Gasteiger partial charge >= 0.3 is 6.09 Å². The summed E-state index contributed by atoms with van der Waals surface area (Å²) in [5.41, 5.74) is -0.340. The summed E-state index contributed by atoms with van der Waals surface area (Å²) < 4.78 is 4.79. The van der Waals surface area contributed by atoms with Crippen LogP contribution in [0.4, 0.5) is 4.79 Å². The zero-order valence-corrected chi connectivity index (χ0v) is 8.80. The highest BCUT2D eigenvalue weighted by Crippen LogP contribution is 2.01. The minimum Gasteiger partial charge on any atom is -0.439 e. The van der Waals surface area contributed by atoms with E-state index in [-0.39, 0.29) is 11.3 Å². The predicted octanol–water partition coefficient (Wildman–Crippen LogP) is 1.49. The Labute approximate surface area is 78.6 Å². The fourth-order valence-corrected chi connectivity index (χ4v) is 0.579. The highest BCUT2D eigenvalue weighted by Gasteiger charge is 2.18. The molecule has 0 aliphatic carbocycles. The van der Waals surface area contributed by atoms with E-state index in [0.29, 0.717) is 0 Å². The molecule has 4 nitrogen and oxygen atoms in total. The van der Waals surface area contributed by atoms with Gasteiger partial charge < -0.3 is 10.1 Å². The molecular formula is C9H17NO3. The molecule has 0 saturated heterocycles. The monoisotopic (exact) mass is 187 g/mol. The van der Waals surface area contributed by atoms with Gasteiger partial charge in [-0.2, -0.15) is 0 Å². The van der Waals surface area contributed by atoms with Crippen molar-refractivity contribution in [3.63, 3.8) is 0 Å². The van der Waals surface area contributed by atoms with Crippen LogP contribution in [-0.2, 0) is 9.53 Å². The van der Waals surface area contributed by atoms with Crippen molar-refractivity contribution in [3.05, 3.63) is 0 Å². The zero-order valence-electron chi connectivity index (χ0n) is 8.80. The van der Waals surface area contributed by atoms with Crippen LogP contribution >= 0.6 is 0 Å². The lowest BCUT2D eigenvalue weighted by atomic mass is 10.1. The Morgan fingerprint density at radius 3 is 2.08 bits per heavy atom. The maximum atomic E-state index is 11.1. The number of carbonyl (C=O) groups excluding carboxylic acids is 2. The second-order valence-electron chi connectivity index (χ2n) is 4.03. The number of Topliss-reactive ketones (excluding diaryl/α,β-unsaturated/α-hetero) is 1. The molecular weight excluding hydrogens is 170 g/mol. The molecule has 0 bridgehead atoms. The van der Waals surface area contributed by atoms with Gasteiger partial charge in [0, 0.05) is 5.54 Å². The maximum Gasteiger partial charge on any atom is 0.408 e. The van der Waals surface area contributed by atoms with Crippen LogP contribution in [0.1, 0.15) is 34.6 Å². The summed E-state index contributed by atoms with van der Waals surface area (Å²) in [6.07, 6.45) is -1.24. The van der Waals surface area contributed by atoms with Crippen LogP contribution in [-0.4, -0.2) is 23.5 Å². The molecule has 76 valence electrons. The molecule has 0 rings (SSSR count). The number of hydrogen-bond donors (Lipinski definition) is 1. The Morgan fingerprint density at radius 1 is 1.31 bits per heavy atom. The van der Waals surface area contributed by atoms with Crippen molar-refractivity contribution in [2.75, 3.05) is 0 Å². The second-order valence-corrected chi connectivity index (χ2v) is 4.03. The number of amides is 1. The third-order valence-electron chi connectivity index (χ3n) is 1.33. The molecule has 0 aromatic rings. The van der Waals surface area contributed by atoms with Gasteiger partial charge in [-0.25, -0.2) is 4.79 Å². The van der Waals surface area contributed by atoms with E-state index in [2.05, 4.69) is 5.32 Å². The van der Waals surface area contributed by atoms with E-state index in [1.54, 1.807) is 6.92 Å². The first-order valence-electron chi connectivity index (χ1n) is 4.21. The molecule has 0 heterocycles. The van der Waals surface area contributed by atoms with Crippen LogP contribution in [0, 0.1) is 0 Å². The smallest absolute Gasteiger partial charge is 0.408 e. The number of alkyl carbamates (subject to hydrolysis) is 1. The molecule has 4 heteroatoms. The average Bonchev–Trinajstić information content (AvgIpc) is 1.81. The molecule has 0 aliphatic heterocycles.